The Labute approximate surface area is 179 Å². The lowest BCUT2D eigenvalue weighted by Gasteiger charge is -2.24. The lowest BCUT2D eigenvalue weighted by atomic mass is 10.1. The molecule has 0 spiro atoms. The van der Waals surface area contributed by atoms with Crippen LogP contribution in [0.1, 0.15) is 6.42 Å². The lowest BCUT2D eigenvalue weighted by molar-refractivity contribution is 0.186. The van der Waals surface area contributed by atoms with Gasteiger partial charge >= 0.3 is 0 Å². The molecule has 3 rings (SSSR count). The first kappa shape index (κ1) is 23.5. The number of nitrogens with zero attached hydrogens (tertiary/aromatic N) is 4. The van der Waals surface area contributed by atoms with Gasteiger partial charge in [-0.25, -0.2) is 26.7 Å². The quantitative estimate of drug-likeness (QED) is 0.212. The Morgan fingerprint density at radius 2 is 2.03 bits per heavy atom. The Morgan fingerprint density at radius 1 is 1.29 bits per heavy atom. The fourth-order valence-corrected chi connectivity index (χ4v) is 6.07. The molecule has 31 heavy (non-hydrogen) atoms. The van der Waals surface area contributed by atoms with Gasteiger partial charge in [-0.15, -0.1) is 10.2 Å². The number of hydrogen-bond donors (Lipinski definition) is 6. The maximum absolute atomic E-state index is 12.9. The molecule has 0 radical (unpaired) electrons. The van der Waals surface area contributed by atoms with Gasteiger partial charge in [-0.1, -0.05) is 0 Å². The average Bonchev–Trinajstić information content (AvgIpc) is 3.42. The molecule has 0 aliphatic carbocycles. The van der Waals surface area contributed by atoms with Crippen LogP contribution in [-0.4, -0.2) is 81.4 Å². The van der Waals surface area contributed by atoms with E-state index in [1.807, 2.05) is 4.90 Å². The van der Waals surface area contributed by atoms with E-state index in [1.165, 1.54) is 6.07 Å². The van der Waals surface area contributed by atoms with Crippen LogP contribution >= 0.6 is 0 Å². The molecule has 9 N–H and O–H groups in total. The van der Waals surface area contributed by atoms with Gasteiger partial charge < -0.3 is 21.5 Å². The monoisotopic (exact) mass is 475 g/mol. The first-order valence-corrected chi connectivity index (χ1v) is 12.4. The highest BCUT2D eigenvalue weighted by Crippen LogP contribution is 2.39. The number of benzene rings is 1. The predicted octanol–water partition coefficient (Wildman–Crippen LogP) is -3.10. The fraction of sp³-hybridized carbons (Fsp3) is 0.533. The smallest absolute Gasteiger partial charge is 0.242 e. The molecule has 1 aliphatic heterocycles. The average molecular weight is 476 g/mol. The molecule has 0 unspecified atom stereocenters. The van der Waals surface area contributed by atoms with Crippen molar-refractivity contribution in [3.05, 3.63) is 12.1 Å². The van der Waals surface area contributed by atoms with Crippen LogP contribution in [0.5, 0.6) is 0 Å². The number of rotatable bonds is 9. The molecule has 16 heteroatoms. The minimum absolute atomic E-state index is 0.0869. The Morgan fingerprint density at radius 3 is 2.58 bits per heavy atom. The van der Waals surface area contributed by atoms with Crippen molar-refractivity contribution in [2.45, 2.75) is 22.3 Å². The number of nitrogens with one attached hydrogen (secondary N) is 2. The SMILES string of the molecule is NC[C@@H](O)CNS(=O)(=O)c1ccc(N2CC[C@@H](CN)C2)c(-c2nn[nH]n2)c1S(N)(=O)=O. The molecule has 0 saturated carbocycles. The second kappa shape index (κ2) is 9.11. The van der Waals surface area contributed by atoms with E-state index in [2.05, 4.69) is 25.3 Å². The van der Waals surface area contributed by atoms with Gasteiger partial charge in [-0.3, -0.25) is 0 Å². The maximum Gasteiger partial charge on any atom is 0.242 e. The summed E-state index contributed by atoms with van der Waals surface area (Å²) in [6.07, 6.45) is -0.368. The molecule has 2 atom stereocenters. The van der Waals surface area contributed by atoms with Gasteiger partial charge in [-0.2, -0.15) is 5.21 Å². The molecular formula is C15H25N9O5S2. The van der Waals surface area contributed by atoms with E-state index in [0.29, 0.717) is 25.3 Å². The lowest BCUT2D eigenvalue weighted by Crippen LogP contribution is -2.37. The summed E-state index contributed by atoms with van der Waals surface area (Å²) in [4.78, 5) is 0.606. The van der Waals surface area contributed by atoms with Crippen LogP contribution in [0, 0.1) is 5.92 Å². The summed E-state index contributed by atoms with van der Waals surface area (Å²) >= 11 is 0. The van der Waals surface area contributed by atoms with Crippen molar-refractivity contribution in [1.29, 1.82) is 0 Å². The van der Waals surface area contributed by atoms with E-state index >= 15 is 0 Å². The highest BCUT2D eigenvalue weighted by molar-refractivity contribution is 7.92. The number of primary sulfonamides is 1. The Hall–Kier alpha value is -2.21. The van der Waals surface area contributed by atoms with E-state index in [9.17, 15) is 21.9 Å². The number of anilines is 1. The van der Waals surface area contributed by atoms with Crippen LogP contribution in [0.25, 0.3) is 11.4 Å². The number of aliphatic hydroxyl groups excluding tert-OH is 1. The summed E-state index contributed by atoms with van der Waals surface area (Å²) < 4.78 is 53.1. The van der Waals surface area contributed by atoms with E-state index < -0.39 is 42.5 Å². The summed E-state index contributed by atoms with van der Waals surface area (Å²) in [6.45, 7) is 0.972. The third-order valence-electron chi connectivity index (χ3n) is 4.98. The van der Waals surface area contributed by atoms with Crippen molar-refractivity contribution in [1.82, 2.24) is 25.3 Å². The summed E-state index contributed by atoms with van der Waals surface area (Å²) in [5.74, 6) is 0.0631. The molecule has 0 bridgehead atoms. The molecule has 1 aromatic carbocycles. The van der Waals surface area contributed by atoms with Crippen LogP contribution in [0.4, 0.5) is 5.69 Å². The first-order valence-electron chi connectivity index (χ1n) is 9.35. The number of aromatic amines is 1. The van der Waals surface area contributed by atoms with Crippen LogP contribution in [0.2, 0.25) is 0 Å². The molecule has 14 nitrogen and oxygen atoms in total. The molecule has 1 aromatic heterocycles. The summed E-state index contributed by atoms with van der Waals surface area (Å²) in [5.41, 5.74) is 11.4. The molecule has 0 amide bonds. The van der Waals surface area contributed by atoms with Gasteiger partial charge in [0.15, 0.2) is 0 Å². The summed E-state index contributed by atoms with van der Waals surface area (Å²) in [5, 5.41) is 28.4. The third kappa shape index (κ3) is 5.00. The van der Waals surface area contributed by atoms with E-state index in [1.54, 1.807) is 0 Å². The van der Waals surface area contributed by atoms with Gasteiger partial charge in [0.05, 0.1) is 11.7 Å². The van der Waals surface area contributed by atoms with Crippen molar-refractivity contribution in [2.75, 3.05) is 37.6 Å². The van der Waals surface area contributed by atoms with E-state index in [0.717, 1.165) is 12.5 Å². The number of aromatic nitrogens is 4. The second-order valence-electron chi connectivity index (χ2n) is 7.15. The van der Waals surface area contributed by atoms with Crippen molar-refractivity contribution in [3.8, 4) is 11.4 Å². The number of aliphatic hydroxyl groups is 1. The van der Waals surface area contributed by atoms with Gasteiger partial charge in [0.1, 0.15) is 9.79 Å². The number of tetrazole rings is 1. The molecule has 1 saturated heterocycles. The molecule has 172 valence electrons. The number of sulfonamides is 2. The summed E-state index contributed by atoms with van der Waals surface area (Å²) in [7, 11) is -8.97. The van der Waals surface area contributed by atoms with Crippen molar-refractivity contribution < 1.29 is 21.9 Å². The molecule has 1 aliphatic rings. The van der Waals surface area contributed by atoms with Crippen molar-refractivity contribution >= 4 is 25.7 Å². The highest BCUT2D eigenvalue weighted by Gasteiger charge is 2.34. The summed E-state index contributed by atoms with van der Waals surface area (Å²) in [6, 6.07) is 2.61. The predicted molar refractivity (Wildman–Crippen MR) is 111 cm³/mol. The van der Waals surface area contributed by atoms with Gasteiger partial charge in [0.2, 0.25) is 25.9 Å². The Bertz CT molecular complexity index is 1120. The molecule has 2 heterocycles. The number of nitrogens with two attached hydrogens (primary N) is 3. The van der Waals surface area contributed by atoms with E-state index in [4.69, 9.17) is 16.6 Å². The van der Waals surface area contributed by atoms with Crippen LogP contribution in [0.15, 0.2) is 21.9 Å². The van der Waals surface area contributed by atoms with Crippen LogP contribution in [-0.2, 0) is 20.0 Å². The van der Waals surface area contributed by atoms with Gasteiger partial charge in [0.25, 0.3) is 0 Å². The molecule has 1 fully saturated rings. The first-order chi connectivity index (χ1) is 14.6. The Balaban J connectivity index is 2.22. The zero-order valence-corrected chi connectivity index (χ0v) is 18.1. The third-order valence-corrected chi connectivity index (χ3v) is 7.57. The Kier molecular flexibility index (Phi) is 6.89. The van der Waals surface area contributed by atoms with Crippen molar-refractivity contribution in [2.24, 2.45) is 22.5 Å². The van der Waals surface area contributed by atoms with Crippen molar-refractivity contribution in [3.63, 3.8) is 0 Å². The van der Waals surface area contributed by atoms with Crippen LogP contribution < -0.4 is 26.2 Å². The second-order valence-corrected chi connectivity index (χ2v) is 10.4. The zero-order chi connectivity index (χ0) is 22.8. The zero-order valence-electron chi connectivity index (χ0n) is 16.5. The standard InChI is InChI=1S/C15H25N9O5S2/c16-5-9-3-4-24(8-9)11-1-2-12(31(28,29)19-7-10(25)6-17)14(30(18,26)27)13(11)15-20-22-23-21-15/h1-2,9-10,19,25H,3-8,16-17H2,(H2,18,26,27)(H,20,21,22,23)/t9-,10+/m0/s1. The van der Waals surface area contributed by atoms with Gasteiger partial charge in [0, 0.05) is 31.9 Å². The molecular weight excluding hydrogens is 450 g/mol. The number of H-pyrrole nitrogens is 1. The normalized spacial score (nSPS) is 18.5. The minimum atomic E-state index is -4.57. The van der Waals surface area contributed by atoms with Gasteiger partial charge in [-0.05, 0) is 36.2 Å². The topological polar surface area (TPSA) is 236 Å². The number of hydrogen-bond acceptors (Lipinski definition) is 11. The minimum Gasteiger partial charge on any atom is -0.390 e. The van der Waals surface area contributed by atoms with Crippen LogP contribution in [0.3, 0.4) is 0 Å². The highest BCUT2D eigenvalue weighted by atomic mass is 32.2. The molecule has 2 aromatic rings. The van der Waals surface area contributed by atoms with E-state index in [-0.39, 0.29) is 23.9 Å². The largest absolute Gasteiger partial charge is 0.390 e. The maximum atomic E-state index is 12.9. The fourth-order valence-electron chi connectivity index (χ4n) is 3.41.